The monoisotopic (exact) mass is 444 g/mol. The maximum Gasteiger partial charge on any atom is 0.274 e. The van der Waals surface area contributed by atoms with Crippen LogP contribution in [0.15, 0.2) is 40.4 Å². The predicted octanol–water partition coefficient (Wildman–Crippen LogP) is 2.61. The zero-order valence-corrected chi connectivity index (χ0v) is 18.1. The SMILES string of the molecule is [2H]C([2H])([2H])n1cc(-c2cc(S(=O)(=O)NCC)cnc2N2CCC3(CC2)CC3)c2cc[nH]c2c1=O. The Morgan fingerprint density at radius 3 is 2.71 bits per heavy atom. The molecule has 1 spiro atoms. The van der Waals surface area contributed by atoms with E-state index in [2.05, 4.69) is 19.6 Å². The third kappa shape index (κ3) is 3.45. The van der Waals surface area contributed by atoms with Crippen molar-refractivity contribution in [3.05, 3.63) is 41.1 Å². The van der Waals surface area contributed by atoms with Crippen LogP contribution in [0.4, 0.5) is 5.82 Å². The van der Waals surface area contributed by atoms with Gasteiger partial charge in [0.1, 0.15) is 16.2 Å². The van der Waals surface area contributed by atoms with Gasteiger partial charge in [0.25, 0.3) is 5.56 Å². The second-order valence-electron chi connectivity index (χ2n) is 8.51. The lowest BCUT2D eigenvalue weighted by molar-refractivity contribution is 0.383. The van der Waals surface area contributed by atoms with Crippen LogP contribution in [0.2, 0.25) is 0 Å². The van der Waals surface area contributed by atoms with E-state index in [-0.39, 0.29) is 17.0 Å². The molecular formula is C22H27N5O3S. The smallest absolute Gasteiger partial charge is 0.274 e. The number of sulfonamides is 1. The molecule has 1 aliphatic carbocycles. The molecule has 2 fully saturated rings. The number of nitrogens with zero attached hydrogens (tertiary/aromatic N) is 3. The van der Waals surface area contributed by atoms with Gasteiger partial charge < -0.3 is 14.5 Å². The van der Waals surface area contributed by atoms with Crippen LogP contribution in [0.3, 0.4) is 0 Å². The Hall–Kier alpha value is -2.65. The molecule has 0 unspecified atom stereocenters. The summed E-state index contributed by atoms with van der Waals surface area (Å²) < 4.78 is 52.3. The normalized spacial score (nSPS) is 19.9. The van der Waals surface area contributed by atoms with Gasteiger partial charge in [0.05, 0.1) is 0 Å². The highest BCUT2D eigenvalue weighted by molar-refractivity contribution is 7.89. The predicted molar refractivity (Wildman–Crippen MR) is 121 cm³/mol. The highest BCUT2D eigenvalue weighted by Gasteiger charge is 2.44. The van der Waals surface area contributed by atoms with E-state index in [0.29, 0.717) is 32.3 Å². The summed E-state index contributed by atoms with van der Waals surface area (Å²) in [5.41, 5.74) is 0.842. The summed E-state index contributed by atoms with van der Waals surface area (Å²) >= 11 is 0. The van der Waals surface area contributed by atoms with Crippen molar-refractivity contribution in [1.82, 2.24) is 19.3 Å². The molecular weight excluding hydrogens is 414 g/mol. The number of fused-ring (bicyclic) bond motifs is 1. The Balaban J connectivity index is 1.73. The molecule has 1 saturated heterocycles. The summed E-state index contributed by atoms with van der Waals surface area (Å²) in [6.07, 6.45) is 8.78. The van der Waals surface area contributed by atoms with Gasteiger partial charge in [-0.3, -0.25) is 4.79 Å². The number of aryl methyl sites for hydroxylation is 1. The summed E-state index contributed by atoms with van der Waals surface area (Å²) in [6, 6.07) is 3.22. The molecule has 3 aromatic rings. The first kappa shape index (κ1) is 17.0. The molecule has 2 aliphatic rings. The van der Waals surface area contributed by atoms with Gasteiger partial charge in [-0.05, 0) is 43.2 Å². The van der Waals surface area contributed by atoms with E-state index in [1.165, 1.54) is 31.3 Å². The molecule has 4 heterocycles. The molecule has 0 radical (unpaired) electrons. The summed E-state index contributed by atoms with van der Waals surface area (Å²) in [5, 5.41) is 0.516. The molecule has 164 valence electrons. The standard InChI is InChI=1S/C22H27N5O3S/c1-3-25-31(29,30)15-12-17(18-14-26(2)21(28)19-16(18)4-9-23-19)20(24-13-15)27-10-7-22(5-6-22)8-11-27/h4,9,12-14,23,25H,3,5-8,10-11H2,1-2H3/i2D3. The minimum absolute atomic E-state index is 0.0147. The second-order valence-corrected chi connectivity index (χ2v) is 10.3. The number of rotatable bonds is 5. The Morgan fingerprint density at radius 2 is 2.03 bits per heavy atom. The van der Waals surface area contributed by atoms with Crippen molar-refractivity contribution in [2.45, 2.75) is 37.5 Å². The van der Waals surface area contributed by atoms with Gasteiger partial charge in [0.15, 0.2) is 0 Å². The fourth-order valence-electron chi connectivity index (χ4n) is 4.54. The van der Waals surface area contributed by atoms with E-state index in [1.807, 2.05) is 0 Å². The van der Waals surface area contributed by atoms with Crippen molar-refractivity contribution in [3.63, 3.8) is 0 Å². The lowest BCUT2D eigenvalue weighted by Gasteiger charge is -2.34. The number of nitrogens with one attached hydrogen (secondary N) is 2. The molecule has 2 N–H and O–H groups in total. The summed E-state index contributed by atoms with van der Waals surface area (Å²) in [4.78, 5) is 22.4. The van der Waals surface area contributed by atoms with Gasteiger partial charge in [-0.2, -0.15) is 0 Å². The Morgan fingerprint density at radius 1 is 1.26 bits per heavy atom. The minimum atomic E-state index is -3.80. The Kier molecular flexibility index (Phi) is 3.94. The lowest BCUT2D eigenvalue weighted by Crippen LogP contribution is -2.35. The number of anilines is 1. The van der Waals surface area contributed by atoms with Crippen LogP contribution in [0.1, 0.15) is 36.7 Å². The molecule has 3 aromatic heterocycles. The lowest BCUT2D eigenvalue weighted by atomic mass is 9.93. The highest BCUT2D eigenvalue weighted by atomic mass is 32.2. The number of hydrogen-bond acceptors (Lipinski definition) is 5. The van der Waals surface area contributed by atoms with Crippen LogP contribution in [-0.2, 0) is 17.0 Å². The first-order valence-corrected chi connectivity index (χ1v) is 12.0. The Labute approximate surface area is 185 Å². The van der Waals surface area contributed by atoms with E-state index in [9.17, 15) is 13.2 Å². The van der Waals surface area contributed by atoms with Crippen LogP contribution in [0.5, 0.6) is 0 Å². The summed E-state index contributed by atoms with van der Waals surface area (Å²) in [7, 11) is -3.80. The fraction of sp³-hybridized carbons (Fsp3) is 0.455. The molecule has 0 bridgehead atoms. The van der Waals surface area contributed by atoms with Gasteiger partial charge >= 0.3 is 0 Å². The quantitative estimate of drug-likeness (QED) is 0.630. The van der Waals surface area contributed by atoms with Gasteiger partial charge in [-0.15, -0.1) is 0 Å². The van der Waals surface area contributed by atoms with Crippen molar-refractivity contribution < 1.29 is 12.5 Å². The third-order valence-electron chi connectivity index (χ3n) is 6.59. The zero-order chi connectivity index (χ0) is 24.3. The maximum atomic E-state index is 12.8. The van der Waals surface area contributed by atoms with Crippen LogP contribution in [-0.4, -0.2) is 42.6 Å². The molecule has 5 rings (SSSR count). The summed E-state index contributed by atoms with van der Waals surface area (Å²) in [5.74, 6) is 0.587. The van der Waals surface area contributed by atoms with E-state index >= 15 is 0 Å². The van der Waals surface area contributed by atoms with Crippen LogP contribution in [0.25, 0.3) is 22.0 Å². The van der Waals surface area contributed by atoms with Gasteiger partial charge in [-0.25, -0.2) is 18.1 Å². The minimum Gasteiger partial charge on any atom is -0.357 e. The largest absolute Gasteiger partial charge is 0.357 e. The number of pyridine rings is 2. The molecule has 0 atom stereocenters. The molecule has 1 aliphatic heterocycles. The van der Waals surface area contributed by atoms with E-state index in [4.69, 9.17) is 4.11 Å². The first-order chi connectivity index (χ1) is 16.0. The molecule has 0 amide bonds. The number of H-pyrrole nitrogens is 1. The molecule has 8 nitrogen and oxygen atoms in total. The second kappa shape index (κ2) is 7.20. The van der Waals surface area contributed by atoms with E-state index in [0.717, 1.165) is 25.9 Å². The van der Waals surface area contributed by atoms with Crippen LogP contribution >= 0.6 is 0 Å². The van der Waals surface area contributed by atoms with Gasteiger partial charge in [0.2, 0.25) is 10.0 Å². The number of aromatic nitrogens is 3. The number of aromatic amines is 1. The van der Waals surface area contributed by atoms with Gasteiger partial charge in [0, 0.05) is 65.8 Å². The average molecular weight is 445 g/mol. The van der Waals surface area contributed by atoms with Gasteiger partial charge in [-0.1, -0.05) is 6.92 Å². The molecule has 0 aromatic carbocycles. The van der Waals surface area contributed by atoms with Crippen molar-refractivity contribution >= 4 is 26.7 Å². The van der Waals surface area contributed by atoms with Crippen LogP contribution < -0.4 is 15.2 Å². The highest BCUT2D eigenvalue weighted by Crippen LogP contribution is 2.54. The summed E-state index contributed by atoms with van der Waals surface area (Å²) in [6.45, 7) is 0.787. The average Bonchev–Trinajstić information content (AvgIpc) is 3.33. The van der Waals surface area contributed by atoms with E-state index < -0.39 is 22.6 Å². The van der Waals surface area contributed by atoms with Crippen molar-refractivity contribution in [2.24, 2.45) is 12.4 Å². The molecule has 9 heteroatoms. The van der Waals surface area contributed by atoms with Crippen molar-refractivity contribution in [3.8, 4) is 11.1 Å². The Bertz CT molecular complexity index is 1410. The third-order valence-corrected chi connectivity index (χ3v) is 8.10. The van der Waals surface area contributed by atoms with Crippen molar-refractivity contribution in [1.29, 1.82) is 0 Å². The fourth-order valence-corrected chi connectivity index (χ4v) is 5.55. The van der Waals surface area contributed by atoms with Crippen LogP contribution in [0, 0.1) is 5.41 Å². The topological polar surface area (TPSA) is 100 Å². The molecule has 1 saturated carbocycles. The number of hydrogen-bond donors (Lipinski definition) is 2. The van der Waals surface area contributed by atoms with E-state index in [1.54, 1.807) is 19.2 Å². The maximum absolute atomic E-state index is 12.8. The zero-order valence-electron chi connectivity index (χ0n) is 20.3. The first-order valence-electron chi connectivity index (χ1n) is 12.0. The van der Waals surface area contributed by atoms with Crippen molar-refractivity contribution in [2.75, 3.05) is 24.5 Å². The molecule has 31 heavy (non-hydrogen) atoms. The number of piperidine rings is 1.